The SMILES string of the molecule is CCOC(=O)CN1C(=S)N[C@H](c2ccccn2)[C@@H]1c1cc(C)n(-c2nccs2)c1C. The molecule has 3 aromatic heterocycles. The maximum Gasteiger partial charge on any atom is 0.325 e. The molecule has 9 heteroatoms. The molecule has 0 amide bonds. The van der Waals surface area contributed by atoms with Gasteiger partial charge in [-0.1, -0.05) is 6.07 Å². The molecule has 1 fully saturated rings. The number of carbonyl (C=O) groups is 1. The summed E-state index contributed by atoms with van der Waals surface area (Å²) in [5.74, 6) is -0.304. The molecular formula is C21H23N5O2S2. The topological polar surface area (TPSA) is 72.3 Å². The van der Waals surface area contributed by atoms with Crippen LogP contribution in [0.15, 0.2) is 42.0 Å². The minimum Gasteiger partial charge on any atom is -0.465 e. The summed E-state index contributed by atoms with van der Waals surface area (Å²) in [6, 6.07) is 7.58. The number of hydrogen-bond donors (Lipinski definition) is 1. The van der Waals surface area contributed by atoms with Crippen molar-refractivity contribution in [1.29, 1.82) is 0 Å². The van der Waals surface area contributed by atoms with Gasteiger partial charge in [-0.15, -0.1) is 11.3 Å². The smallest absolute Gasteiger partial charge is 0.325 e. The van der Waals surface area contributed by atoms with E-state index in [1.54, 1.807) is 30.7 Å². The van der Waals surface area contributed by atoms with Gasteiger partial charge in [0, 0.05) is 29.2 Å². The van der Waals surface area contributed by atoms with Crippen LogP contribution in [-0.4, -0.2) is 43.7 Å². The van der Waals surface area contributed by atoms with E-state index in [0.29, 0.717) is 11.7 Å². The molecule has 1 N–H and O–H groups in total. The molecule has 0 spiro atoms. The van der Waals surface area contributed by atoms with E-state index in [2.05, 4.69) is 39.8 Å². The molecule has 4 heterocycles. The number of carbonyl (C=O) groups excluding carboxylic acids is 1. The summed E-state index contributed by atoms with van der Waals surface area (Å²) in [5.41, 5.74) is 4.09. The first-order valence-corrected chi connectivity index (χ1v) is 11.0. The Balaban J connectivity index is 1.80. The van der Waals surface area contributed by atoms with Crippen LogP contribution < -0.4 is 5.32 Å². The maximum atomic E-state index is 12.3. The molecule has 1 saturated heterocycles. The molecule has 4 rings (SSSR count). The molecule has 7 nitrogen and oxygen atoms in total. The molecule has 0 aliphatic carbocycles. The number of rotatable bonds is 6. The summed E-state index contributed by atoms with van der Waals surface area (Å²) in [4.78, 5) is 23.3. The zero-order chi connectivity index (χ0) is 21.3. The number of ether oxygens (including phenoxy) is 1. The third-order valence-corrected chi connectivity index (χ3v) is 6.31. The summed E-state index contributed by atoms with van der Waals surface area (Å²) in [6.07, 6.45) is 3.57. The number of nitrogens with one attached hydrogen (secondary N) is 1. The molecule has 1 aliphatic rings. The number of hydrogen-bond acceptors (Lipinski definition) is 6. The largest absolute Gasteiger partial charge is 0.465 e. The lowest BCUT2D eigenvalue weighted by atomic mass is 9.97. The highest BCUT2D eigenvalue weighted by atomic mass is 32.1. The van der Waals surface area contributed by atoms with Crippen LogP contribution in [0.3, 0.4) is 0 Å². The number of aryl methyl sites for hydroxylation is 1. The van der Waals surface area contributed by atoms with E-state index >= 15 is 0 Å². The Kier molecular flexibility index (Phi) is 5.83. The molecule has 0 saturated carbocycles. The van der Waals surface area contributed by atoms with Crippen LogP contribution >= 0.6 is 23.6 Å². The zero-order valence-electron chi connectivity index (χ0n) is 17.0. The first-order valence-electron chi connectivity index (χ1n) is 9.73. The number of aromatic nitrogens is 3. The van der Waals surface area contributed by atoms with Gasteiger partial charge in [0.2, 0.25) is 0 Å². The second-order valence-corrected chi connectivity index (χ2v) is 8.30. The van der Waals surface area contributed by atoms with Crippen LogP contribution in [0.25, 0.3) is 5.13 Å². The third kappa shape index (κ3) is 3.70. The molecule has 2 atom stereocenters. The van der Waals surface area contributed by atoms with Crippen LogP contribution in [0.4, 0.5) is 0 Å². The summed E-state index contributed by atoms with van der Waals surface area (Å²) < 4.78 is 7.34. The van der Waals surface area contributed by atoms with E-state index in [-0.39, 0.29) is 24.6 Å². The van der Waals surface area contributed by atoms with Crippen LogP contribution in [0.1, 0.15) is 41.7 Å². The van der Waals surface area contributed by atoms with Gasteiger partial charge in [-0.2, -0.15) is 0 Å². The number of pyridine rings is 1. The first kappa shape index (κ1) is 20.5. The van der Waals surface area contributed by atoms with E-state index in [0.717, 1.165) is 27.8 Å². The molecular weight excluding hydrogens is 418 g/mol. The third-order valence-electron chi connectivity index (χ3n) is 5.20. The van der Waals surface area contributed by atoms with Crippen LogP contribution in [0.5, 0.6) is 0 Å². The van der Waals surface area contributed by atoms with Gasteiger partial charge in [-0.25, -0.2) is 4.98 Å². The molecule has 0 aromatic carbocycles. The van der Waals surface area contributed by atoms with Gasteiger partial charge in [-0.3, -0.25) is 14.3 Å². The Labute approximate surface area is 184 Å². The van der Waals surface area contributed by atoms with Crippen molar-refractivity contribution in [2.45, 2.75) is 32.9 Å². The van der Waals surface area contributed by atoms with Gasteiger partial charge in [0.05, 0.1) is 24.4 Å². The Hall–Kier alpha value is -2.78. The Morgan fingerprint density at radius 1 is 1.30 bits per heavy atom. The zero-order valence-corrected chi connectivity index (χ0v) is 18.7. The van der Waals surface area contributed by atoms with Crippen molar-refractivity contribution in [3.05, 3.63) is 64.7 Å². The molecule has 0 bridgehead atoms. The molecule has 3 aromatic rings. The first-order chi connectivity index (χ1) is 14.5. The molecule has 0 unspecified atom stereocenters. The Bertz CT molecular complexity index is 1050. The summed E-state index contributed by atoms with van der Waals surface area (Å²) >= 11 is 7.21. The second-order valence-electron chi connectivity index (χ2n) is 7.04. The minimum atomic E-state index is -0.304. The highest BCUT2D eigenvalue weighted by molar-refractivity contribution is 7.80. The van der Waals surface area contributed by atoms with Crippen molar-refractivity contribution in [3.8, 4) is 5.13 Å². The van der Waals surface area contributed by atoms with Crippen LogP contribution in [0.2, 0.25) is 0 Å². The fourth-order valence-electron chi connectivity index (χ4n) is 3.97. The van der Waals surface area contributed by atoms with E-state index in [4.69, 9.17) is 17.0 Å². The summed E-state index contributed by atoms with van der Waals surface area (Å²) in [5, 5.41) is 6.76. The van der Waals surface area contributed by atoms with E-state index in [1.165, 1.54) is 0 Å². The van der Waals surface area contributed by atoms with E-state index < -0.39 is 0 Å². The fourth-order valence-corrected chi connectivity index (χ4v) is 5.02. The Morgan fingerprint density at radius 2 is 2.13 bits per heavy atom. The lowest BCUT2D eigenvalue weighted by Gasteiger charge is -2.27. The van der Waals surface area contributed by atoms with Gasteiger partial charge < -0.3 is 15.0 Å². The number of thiazole rings is 1. The van der Waals surface area contributed by atoms with Crippen molar-refractivity contribution >= 4 is 34.6 Å². The number of thiocarbonyl (C=S) groups is 1. The van der Waals surface area contributed by atoms with Crippen molar-refractivity contribution in [1.82, 2.24) is 24.8 Å². The molecule has 0 radical (unpaired) electrons. The van der Waals surface area contributed by atoms with Gasteiger partial charge in [0.25, 0.3) is 0 Å². The fraction of sp³-hybridized carbons (Fsp3) is 0.333. The average Bonchev–Trinajstić information content (AvgIpc) is 3.42. The molecule has 1 aliphatic heterocycles. The predicted octanol–water partition coefficient (Wildman–Crippen LogP) is 3.48. The molecule has 30 heavy (non-hydrogen) atoms. The van der Waals surface area contributed by atoms with Crippen molar-refractivity contribution < 1.29 is 9.53 Å². The average molecular weight is 442 g/mol. The minimum absolute atomic E-state index is 0.0780. The van der Waals surface area contributed by atoms with Gasteiger partial charge in [0.15, 0.2) is 10.2 Å². The normalized spacial score (nSPS) is 18.5. The van der Waals surface area contributed by atoms with Crippen LogP contribution in [-0.2, 0) is 9.53 Å². The standard InChI is InChI=1S/C21H23N5O2S2/c1-4-28-17(27)12-25-19(18(24-20(25)29)16-7-5-6-8-22-16)15-11-13(2)26(14(15)3)21-23-9-10-30-21/h5-11,18-19H,4,12H2,1-3H3,(H,24,29)/t18-,19+/m1/s1. The highest BCUT2D eigenvalue weighted by Gasteiger charge is 2.42. The van der Waals surface area contributed by atoms with Gasteiger partial charge >= 0.3 is 5.97 Å². The predicted molar refractivity (Wildman–Crippen MR) is 120 cm³/mol. The summed E-state index contributed by atoms with van der Waals surface area (Å²) in [7, 11) is 0. The van der Waals surface area contributed by atoms with E-state index in [1.807, 2.05) is 28.5 Å². The number of esters is 1. The maximum absolute atomic E-state index is 12.3. The van der Waals surface area contributed by atoms with Crippen LogP contribution in [0, 0.1) is 13.8 Å². The summed E-state index contributed by atoms with van der Waals surface area (Å²) in [6.45, 7) is 6.34. The van der Waals surface area contributed by atoms with E-state index in [9.17, 15) is 4.79 Å². The lowest BCUT2D eigenvalue weighted by Crippen LogP contribution is -2.35. The monoisotopic (exact) mass is 441 g/mol. The van der Waals surface area contributed by atoms with Crippen molar-refractivity contribution in [2.75, 3.05) is 13.2 Å². The quantitative estimate of drug-likeness (QED) is 0.464. The van der Waals surface area contributed by atoms with Gasteiger partial charge in [-0.05, 0) is 56.8 Å². The second kappa shape index (κ2) is 8.53. The van der Waals surface area contributed by atoms with Gasteiger partial charge in [0.1, 0.15) is 6.54 Å². The van der Waals surface area contributed by atoms with Crippen molar-refractivity contribution in [3.63, 3.8) is 0 Å². The number of nitrogens with zero attached hydrogens (tertiary/aromatic N) is 4. The lowest BCUT2D eigenvalue weighted by molar-refractivity contribution is -0.143. The Morgan fingerprint density at radius 3 is 2.80 bits per heavy atom. The highest BCUT2D eigenvalue weighted by Crippen LogP contribution is 2.41. The van der Waals surface area contributed by atoms with Crippen molar-refractivity contribution in [2.24, 2.45) is 0 Å². The molecule has 156 valence electrons.